The molecule has 3 heterocycles. The molecule has 7 heteroatoms. The van der Waals surface area contributed by atoms with E-state index in [1.807, 2.05) is 48.9 Å². The van der Waals surface area contributed by atoms with Crippen molar-refractivity contribution in [2.45, 2.75) is 40.3 Å². The lowest BCUT2D eigenvalue weighted by molar-refractivity contribution is 0.0951. The molecule has 6 nitrogen and oxygen atoms in total. The van der Waals surface area contributed by atoms with Crippen LogP contribution in [-0.4, -0.2) is 20.4 Å². The molecule has 0 fully saturated rings. The van der Waals surface area contributed by atoms with E-state index >= 15 is 0 Å². The van der Waals surface area contributed by atoms with E-state index in [1.54, 1.807) is 11.3 Å². The van der Waals surface area contributed by atoms with Gasteiger partial charge >= 0.3 is 0 Å². The Morgan fingerprint density at radius 2 is 2.03 bits per heavy atom. The van der Waals surface area contributed by atoms with E-state index in [0.29, 0.717) is 17.9 Å². The quantitative estimate of drug-likeness (QED) is 0.451. The lowest BCUT2D eigenvalue weighted by Gasteiger charge is -2.11. The van der Waals surface area contributed by atoms with E-state index in [-0.39, 0.29) is 11.9 Å². The Morgan fingerprint density at radius 1 is 1.22 bits per heavy atom. The van der Waals surface area contributed by atoms with Gasteiger partial charge in [0.25, 0.3) is 5.91 Å². The van der Waals surface area contributed by atoms with Gasteiger partial charge < -0.3 is 15.6 Å². The maximum Gasteiger partial charge on any atom is 0.251 e. The lowest BCUT2D eigenvalue weighted by Crippen LogP contribution is -2.22. The molecule has 4 rings (SSSR count). The van der Waals surface area contributed by atoms with Crippen LogP contribution >= 0.6 is 11.3 Å². The zero-order valence-electron chi connectivity index (χ0n) is 18.6. The number of nitrogens with two attached hydrogens (primary N) is 1. The van der Waals surface area contributed by atoms with Crippen molar-refractivity contribution < 1.29 is 4.79 Å². The number of nitrogens with zero attached hydrogens (tertiary/aromatic N) is 3. The topological polar surface area (TPSA) is 85.8 Å². The number of aromatic nitrogens is 3. The van der Waals surface area contributed by atoms with Gasteiger partial charge in [0.05, 0.1) is 10.9 Å². The molecule has 1 amide bonds. The second kappa shape index (κ2) is 8.85. The third-order valence-electron chi connectivity index (χ3n) is 5.43. The third kappa shape index (κ3) is 4.10. The highest BCUT2D eigenvalue weighted by molar-refractivity contribution is 7.07. The smallest absolute Gasteiger partial charge is 0.251 e. The van der Waals surface area contributed by atoms with Gasteiger partial charge in [-0.2, -0.15) is 11.3 Å². The zero-order valence-corrected chi connectivity index (χ0v) is 19.4. The molecule has 0 bridgehead atoms. The van der Waals surface area contributed by atoms with Crippen LogP contribution in [0.3, 0.4) is 0 Å². The summed E-state index contributed by atoms with van der Waals surface area (Å²) in [6, 6.07) is 7.79. The predicted octanol–water partition coefficient (Wildman–Crippen LogP) is 4.60. The second-order valence-electron chi connectivity index (χ2n) is 7.98. The highest BCUT2D eigenvalue weighted by Gasteiger charge is 2.18. The number of carbonyl (C=O) groups is 1. The molecule has 32 heavy (non-hydrogen) atoms. The van der Waals surface area contributed by atoms with Gasteiger partial charge in [-0.05, 0) is 67.8 Å². The van der Waals surface area contributed by atoms with Crippen LogP contribution in [0.4, 0.5) is 5.82 Å². The van der Waals surface area contributed by atoms with Crippen molar-refractivity contribution in [1.82, 2.24) is 19.9 Å². The zero-order chi connectivity index (χ0) is 22.8. The van der Waals surface area contributed by atoms with Crippen LogP contribution in [0.5, 0.6) is 0 Å². The minimum Gasteiger partial charge on any atom is -0.383 e. The molecular formula is C25H25N5OS. The third-order valence-corrected chi connectivity index (χ3v) is 6.16. The van der Waals surface area contributed by atoms with E-state index < -0.39 is 0 Å². The molecule has 0 aliphatic rings. The van der Waals surface area contributed by atoms with Crippen molar-refractivity contribution in [2.24, 2.45) is 0 Å². The van der Waals surface area contributed by atoms with Gasteiger partial charge in [0.2, 0.25) is 0 Å². The SMILES string of the molecule is Cc1ccc(C(=O)NCc2ccsc2)cc1C#Cc1c(C)n(C(C)C)c2ncnc(N)c12. The van der Waals surface area contributed by atoms with Crippen LogP contribution in [0.2, 0.25) is 0 Å². The summed E-state index contributed by atoms with van der Waals surface area (Å²) in [5, 5.41) is 7.76. The second-order valence-corrected chi connectivity index (χ2v) is 8.76. The number of rotatable bonds is 4. The largest absolute Gasteiger partial charge is 0.383 e. The van der Waals surface area contributed by atoms with Crippen molar-refractivity contribution in [3.8, 4) is 11.8 Å². The summed E-state index contributed by atoms with van der Waals surface area (Å²) in [6.45, 7) is 8.71. The Labute approximate surface area is 191 Å². The fourth-order valence-electron chi connectivity index (χ4n) is 3.76. The molecule has 4 aromatic rings. The molecule has 0 aliphatic carbocycles. The lowest BCUT2D eigenvalue weighted by atomic mass is 10.0. The molecule has 0 saturated carbocycles. The van der Waals surface area contributed by atoms with E-state index in [1.165, 1.54) is 6.33 Å². The first-order chi connectivity index (χ1) is 15.4. The number of amides is 1. The normalized spacial score (nSPS) is 10.9. The molecular weight excluding hydrogens is 418 g/mol. The summed E-state index contributed by atoms with van der Waals surface area (Å²) in [4.78, 5) is 21.3. The van der Waals surface area contributed by atoms with E-state index in [2.05, 4.69) is 45.5 Å². The standard InChI is InChI=1S/C25H25N5OS/c1-15(2)30-17(4)21(22-23(26)28-14-29-24(22)30)8-7-19-11-20(6-5-16(19)3)25(31)27-12-18-9-10-32-13-18/h5-6,9-11,13-15H,12H2,1-4H3,(H,27,31)(H2,26,28,29). The van der Waals surface area contributed by atoms with Gasteiger partial charge in [-0.15, -0.1) is 0 Å². The summed E-state index contributed by atoms with van der Waals surface area (Å²) in [5.74, 6) is 6.84. The van der Waals surface area contributed by atoms with Crippen LogP contribution < -0.4 is 11.1 Å². The van der Waals surface area contributed by atoms with Crippen LogP contribution in [-0.2, 0) is 6.54 Å². The number of aryl methyl sites for hydroxylation is 1. The van der Waals surface area contributed by atoms with Crippen LogP contribution in [0.25, 0.3) is 11.0 Å². The molecule has 0 saturated heterocycles. The number of hydrogen-bond donors (Lipinski definition) is 2. The van der Waals surface area contributed by atoms with E-state index in [0.717, 1.165) is 39.0 Å². The Hall–Kier alpha value is -3.63. The fraction of sp³-hybridized carbons (Fsp3) is 0.240. The maximum absolute atomic E-state index is 12.6. The highest BCUT2D eigenvalue weighted by Crippen LogP contribution is 2.30. The first kappa shape index (κ1) is 21.6. The Balaban J connectivity index is 1.70. The molecule has 3 aromatic heterocycles. The van der Waals surface area contributed by atoms with Gasteiger partial charge in [-0.25, -0.2) is 9.97 Å². The minimum absolute atomic E-state index is 0.121. The molecule has 0 unspecified atom stereocenters. The van der Waals surface area contributed by atoms with Crippen LogP contribution in [0.1, 0.15) is 58.2 Å². The number of nitrogens with one attached hydrogen (secondary N) is 1. The van der Waals surface area contributed by atoms with E-state index in [4.69, 9.17) is 5.73 Å². The maximum atomic E-state index is 12.6. The van der Waals surface area contributed by atoms with E-state index in [9.17, 15) is 4.79 Å². The molecule has 0 spiro atoms. The van der Waals surface area contributed by atoms with Gasteiger partial charge in [-0.1, -0.05) is 17.9 Å². The van der Waals surface area contributed by atoms with Gasteiger partial charge in [-0.3, -0.25) is 4.79 Å². The predicted molar refractivity (Wildman–Crippen MR) is 130 cm³/mol. The summed E-state index contributed by atoms with van der Waals surface area (Å²) in [7, 11) is 0. The number of anilines is 1. The van der Waals surface area contributed by atoms with Crippen molar-refractivity contribution in [2.75, 3.05) is 5.73 Å². The molecule has 1 aromatic carbocycles. The number of fused-ring (bicyclic) bond motifs is 1. The molecule has 3 N–H and O–H groups in total. The monoisotopic (exact) mass is 443 g/mol. The molecule has 0 atom stereocenters. The summed E-state index contributed by atoms with van der Waals surface area (Å²) < 4.78 is 2.12. The average Bonchev–Trinajstić information content (AvgIpc) is 3.37. The number of hydrogen-bond acceptors (Lipinski definition) is 5. The molecule has 162 valence electrons. The first-order valence-corrected chi connectivity index (χ1v) is 11.3. The number of nitrogen functional groups attached to an aromatic ring is 1. The molecule has 0 radical (unpaired) electrons. The van der Waals surface area contributed by atoms with Crippen molar-refractivity contribution in [1.29, 1.82) is 0 Å². The summed E-state index contributed by atoms with van der Waals surface area (Å²) in [6.07, 6.45) is 1.48. The van der Waals surface area contributed by atoms with Gasteiger partial charge in [0.15, 0.2) is 0 Å². The van der Waals surface area contributed by atoms with Crippen LogP contribution in [0.15, 0.2) is 41.4 Å². The summed E-state index contributed by atoms with van der Waals surface area (Å²) >= 11 is 1.61. The van der Waals surface area contributed by atoms with Crippen molar-refractivity contribution in [3.63, 3.8) is 0 Å². The van der Waals surface area contributed by atoms with Crippen LogP contribution in [0, 0.1) is 25.7 Å². The van der Waals surface area contributed by atoms with Crippen molar-refractivity contribution >= 4 is 34.1 Å². The van der Waals surface area contributed by atoms with Gasteiger partial charge in [0.1, 0.15) is 17.8 Å². The summed E-state index contributed by atoms with van der Waals surface area (Å²) in [5.41, 5.74) is 12.3. The number of thiophene rings is 1. The van der Waals surface area contributed by atoms with Gasteiger partial charge in [0, 0.05) is 29.4 Å². The molecule has 0 aliphatic heterocycles. The first-order valence-electron chi connectivity index (χ1n) is 10.4. The Kier molecular flexibility index (Phi) is 5.97. The fourth-order valence-corrected chi connectivity index (χ4v) is 4.43. The number of benzene rings is 1. The Morgan fingerprint density at radius 3 is 2.75 bits per heavy atom. The number of carbonyl (C=O) groups excluding carboxylic acids is 1. The average molecular weight is 444 g/mol. The minimum atomic E-state index is -0.121. The van der Waals surface area contributed by atoms with Crippen molar-refractivity contribution in [3.05, 3.63) is 74.9 Å². The highest BCUT2D eigenvalue weighted by atomic mass is 32.1. The Bertz CT molecular complexity index is 1360.